The van der Waals surface area contributed by atoms with Crippen LogP contribution in [0.25, 0.3) is 6.08 Å². The highest BCUT2D eigenvalue weighted by Gasteiger charge is 2.33. The topological polar surface area (TPSA) is 57.0 Å². The van der Waals surface area contributed by atoms with E-state index in [4.69, 9.17) is 4.74 Å². The molecule has 2 aromatic rings. The van der Waals surface area contributed by atoms with Crippen molar-refractivity contribution < 1.29 is 19.5 Å². The standard InChI is InChI=1S/C22H24N2O3/c1-15-12-18(25)17(14-24-10-8-23(2)9-11-24)22-20(15)21(26)19(27-22)13-16-6-4-3-5-7-16/h3-7,12-13,25H,8-11,14H2,1-2H3. The van der Waals surface area contributed by atoms with Gasteiger partial charge in [0.15, 0.2) is 5.76 Å². The van der Waals surface area contributed by atoms with Crippen molar-refractivity contribution in [3.63, 3.8) is 0 Å². The molecule has 5 nitrogen and oxygen atoms in total. The zero-order valence-corrected chi connectivity index (χ0v) is 15.7. The second kappa shape index (κ2) is 7.18. The van der Waals surface area contributed by atoms with Gasteiger partial charge in [-0.25, -0.2) is 0 Å². The maximum Gasteiger partial charge on any atom is 0.232 e. The number of carbonyl (C=O) groups is 1. The summed E-state index contributed by atoms with van der Waals surface area (Å²) in [5, 5.41) is 12.7. The third-order valence-electron chi connectivity index (χ3n) is 5.42. The number of Topliss-reactive ketones (excluding diaryl/α,β-unsaturated/α-hetero) is 1. The lowest BCUT2D eigenvalue weighted by atomic mass is 9.99. The van der Waals surface area contributed by atoms with E-state index >= 15 is 0 Å². The molecule has 0 radical (unpaired) electrons. The molecule has 2 heterocycles. The number of piperazine rings is 1. The maximum absolute atomic E-state index is 12.9. The Morgan fingerprint density at radius 2 is 1.93 bits per heavy atom. The summed E-state index contributed by atoms with van der Waals surface area (Å²) in [4.78, 5) is 16.6. The molecular weight excluding hydrogens is 340 g/mol. The molecule has 1 fully saturated rings. The van der Waals surface area contributed by atoms with Crippen molar-refractivity contribution >= 4 is 11.9 Å². The summed E-state index contributed by atoms with van der Waals surface area (Å²) in [5.74, 6) is 0.588. The van der Waals surface area contributed by atoms with Crippen molar-refractivity contribution in [3.8, 4) is 11.5 Å². The second-order valence-electron chi connectivity index (χ2n) is 7.45. The Morgan fingerprint density at radius 3 is 2.63 bits per heavy atom. The number of carbonyl (C=O) groups excluding carboxylic acids is 1. The Bertz CT molecular complexity index is 898. The Morgan fingerprint density at radius 1 is 1.22 bits per heavy atom. The van der Waals surface area contributed by atoms with Crippen LogP contribution in [0.2, 0.25) is 0 Å². The van der Waals surface area contributed by atoms with E-state index in [0.717, 1.165) is 31.7 Å². The number of quaternary nitrogens is 1. The number of hydrogen-bond acceptors (Lipinski definition) is 4. The average Bonchev–Trinajstić information content (AvgIpc) is 2.98. The van der Waals surface area contributed by atoms with Gasteiger partial charge in [0, 0.05) is 18.7 Å². The van der Waals surface area contributed by atoms with Gasteiger partial charge in [-0.2, -0.15) is 0 Å². The summed E-state index contributed by atoms with van der Waals surface area (Å²) < 4.78 is 5.97. The van der Waals surface area contributed by atoms with Gasteiger partial charge in [-0.05, 0) is 31.2 Å². The number of nitrogens with one attached hydrogen (secondary N) is 1. The third-order valence-corrected chi connectivity index (χ3v) is 5.42. The molecule has 1 N–H and O–H groups in total. The molecule has 1 saturated heterocycles. The molecule has 5 heteroatoms. The molecule has 0 aliphatic carbocycles. The summed E-state index contributed by atoms with van der Waals surface area (Å²) in [7, 11) is 2.11. The predicted molar refractivity (Wildman–Crippen MR) is 102 cm³/mol. The average molecular weight is 364 g/mol. The summed E-state index contributed by atoms with van der Waals surface area (Å²) in [6.45, 7) is 6.40. The molecule has 0 spiro atoms. The van der Waals surface area contributed by atoms with Gasteiger partial charge in [-0.1, -0.05) is 42.1 Å². The number of aryl methyl sites for hydroxylation is 1. The van der Waals surface area contributed by atoms with E-state index in [1.54, 1.807) is 19.1 Å². The highest BCUT2D eigenvalue weighted by molar-refractivity contribution is 6.15. The minimum absolute atomic E-state index is 0.0357. The normalized spacial score (nSPS) is 19.3. The first-order valence-corrected chi connectivity index (χ1v) is 9.38. The molecule has 0 saturated carbocycles. The lowest BCUT2D eigenvalue weighted by Crippen LogP contribution is -3.13. The number of benzene rings is 2. The van der Waals surface area contributed by atoms with Gasteiger partial charge in [-0.15, -0.1) is 0 Å². The Kier molecular flexibility index (Phi) is 4.72. The summed E-state index contributed by atoms with van der Waals surface area (Å²) >= 11 is 0. The van der Waals surface area contributed by atoms with Gasteiger partial charge in [0.2, 0.25) is 5.78 Å². The number of likely N-dealkylation sites (N-methyl/N-ethyl adjacent to an activating group) is 1. The first-order chi connectivity index (χ1) is 13.0. The van der Waals surface area contributed by atoms with Crippen LogP contribution in [0.3, 0.4) is 0 Å². The number of nitrogens with zero attached hydrogens (tertiary/aromatic N) is 1. The number of rotatable bonds is 3. The van der Waals surface area contributed by atoms with Crippen LogP contribution >= 0.6 is 0 Å². The number of allylic oxidation sites excluding steroid dienone is 1. The molecule has 2 aromatic carbocycles. The number of fused-ring (bicyclic) bond motifs is 1. The molecule has 0 bridgehead atoms. The van der Waals surface area contributed by atoms with Crippen molar-refractivity contribution in [1.29, 1.82) is 0 Å². The Balaban J connectivity index is 1.67. The van der Waals surface area contributed by atoms with Crippen LogP contribution in [0.1, 0.15) is 27.0 Å². The minimum atomic E-state index is -0.138. The fourth-order valence-electron chi connectivity index (χ4n) is 3.80. The van der Waals surface area contributed by atoms with E-state index in [9.17, 15) is 9.90 Å². The van der Waals surface area contributed by atoms with Crippen molar-refractivity contribution in [1.82, 2.24) is 4.90 Å². The largest absolute Gasteiger partial charge is 0.872 e. The Labute approximate surface area is 159 Å². The van der Waals surface area contributed by atoms with Crippen LogP contribution in [0, 0.1) is 6.92 Å². The fraction of sp³-hybridized carbons (Fsp3) is 0.318. The second-order valence-corrected chi connectivity index (χ2v) is 7.45. The molecule has 0 aromatic heterocycles. The smallest absolute Gasteiger partial charge is 0.232 e. The molecular formula is C22H24N2O3. The van der Waals surface area contributed by atoms with E-state index in [2.05, 4.69) is 11.9 Å². The van der Waals surface area contributed by atoms with Crippen LogP contribution in [-0.4, -0.2) is 43.9 Å². The summed E-state index contributed by atoms with van der Waals surface area (Å²) in [6.07, 6.45) is 1.75. The summed E-state index contributed by atoms with van der Waals surface area (Å²) in [6, 6.07) is 11.2. The molecule has 2 aliphatic heterocycles. The van der Waals surface area contributed by atoms with E-state index in [1.807, 2.05) is 30.3 Å². The van der Waals surface area contributed by atoms with Crippen LogP contribution in [0.5, 0.6) is 11.5 Å². The zero-order chi connectivity index (χ0) is 19.0. The van der Waals surface area contributed by atoms with Gasteiger partial charge in [0.25, 0.3) is 0 Å². The van der Waals surface area contributed by atoms with E-state index < -0.39 is 0 Å². The highest BCUT2D eigenvalue weighted by atomic mass is 16.5. The van der Waals surface area contributed by atoms with Crippen molar-refractivity contribution in [2.24, 2.45) is 0 Å². The SMILES string of the molecule is Cc1cc([O-])c(C[NH+]2CCN(C)CC2)c2c1C(=O)C(=Cc1ccccc1)O2. The molecule has 2 aliphatic rings. The van der Waals surface area contributed by atoms with Crippen LogP contribution in [0.15, 0.2) is 42.2 Å². The van der Waals surface area contributed by atoms with E-state index in [1.165, 1.54) is 4.90 Å². The van der Waals surface area contributed by atoms with Crippen LogP contribution < -0.4 is 14.7 Å². The third kappa shape index (κ3) is 3.48. The quantitative estimate of drug-likeness (QED) is 0.826. The van der Waals surface area contributed by atoms with Crippen LogP contribution in [-0.2, 0) is 6.54 Å². The lowest BCUT2D eigenvalue weighted by Gasteiger charge is -2.31. The first kappa shape index (κ1) is 17.8. The van der Waals surface area contributed by atoms with Crippen LogP contribution in [0.4, 0.5) is 0 Å². The van der Waals surface area contributed by atoms with Gasteiger partial charge < -0.3 is 14.7 Å². The van der Waals surface area contributed by atoms with Gasteiger partial charge in [0.05, 0.1) is 18.7 Å². The first-order valence-electron chi connectivity index (χ1n) is 9.38. The van der Waals surface area contributed by atoms with Gasteiger partial charge in [-0.3, -0.25) is 9.69 Å². The Hall–Kier alpha value is -2.63. The number of hydrogen-bond donors (Lipinski definition) is 1. The maximum atomic E-state index is 12.9. The number of ether oxygens (including phenoxy) is 1. The highest BCUT2D eigenvalue weighted by Crippen LogP contribution is 2.40. The van der Waals surface area contributed by atoms with Gasteiger partial charge in [0.1, 0.15) is 12.3 Å². The molecule has 0 unspecified atom stereocenters. The monoisotopic (exact) mass is 364 g/mol. The van der Waals surface area contributed by atoms with Crippen molar-refractivity contribution in [2.45, 2.75) is 13.5 Å². The molecule has 0 amide bonds. The summed E-state index contributed by atoms with van der Waals surface area (Å²) in [5.41, 5.74) is 2.76. The molecule has 140 valence electrons. The number of ketones is 1. The van der Waals surface area contributed by atoms with E-state index in [0.29, 0.717) is 34.7 Å². The zero-order valence-electron chi connectivity index (χ0n) is 15.7. The molecule has 27 heavy (non-hydrogen) atoms. The van der Waals surface area contributed by atoms with Gasteiger partial charge >= 0.3 is 0 Å². The predicted octanol–water partition coefficient (Wildman–Crippen LogP) is 1.02. The van der Waals surface area contributed by atoms with Crippen molar-refractivity contribution in [2.75, 3.05) is 33.2 Å². The fourth-order valence-corrected chi connectivity index (χ4v) is 3.80. The molecule has 4 rings (SSSR count). The molecule has 0 atom stereocenters. The van der Waals surface area contributed by atoms with E-state index in [-0.39, 0.29) is 11.5 Å². The van der Waals surface area contributed by atoms with Crippen molar-refractivity contribution in [3.05, 3.63) is 64.4 Å². The lowest BCUT2D eigenvalue weighted by molar-refractivity contribution is -0.918. The minimum Gasteiger partial charge on any atom is -0.872 e.